The van der Waals surface area contributed by atoms with E-state index in [2.05, 4.69) is 0 Å². The van der Waals surface area contributed by atoms with Gasteiger partial charge in [-0.05, 0) is 12.1 Å². The fourth-order valence-corrected chi connectivity index (χ4v) is 3.23. The molecule has 1 radical (unpaired) electrons. The van der Waals surface area contributed by atoms with E-state index < -0.39 is 46.9 Å². The number of rotatable bonds is 2. The second kappa shape index (κ2) is 4.31. The van der Waals surface area contributed by atoms with E-state index in [9.17, 15) is 21.9 Å². The van der Waals surface area contributed by atoms with Gasteiger partial charge in [-0.15, -0.1) is 0 Å². The molecular formula is C10H8NO7S2. The van der Waals surface area contributed by atoms with Gasteiger partial charge in [0.05, 0.1) is 11.1 Å². The molecule has 20 heavy (non-hydrogen) atoms. The van der Waals surface area contributed by atoms with Crippen LogP contribution < -0.4 is 5.73 Å². The molecule has 0 unspecified atom stereocenters. The number of fused-ring (bicyclic) bond motifs is 1. The van der Waals surface area contributed by atoms with Crippen LogP contribution in [0.1, 0.15) is 0 Å². The van der Waals surface area contributed by atoms with E-state index in [4.69, 9.17) is 14.8 Å². The van der Waals surface area contributed by atoms with E-state index in [0.29, 0.717) is 6.07 Å². The van der Waals surface area contributed by atoms with Crippen LogP contribution >= 0.6 is 0 Å². The second-order valence-electron chi connectivity index (χ2n) is 3.90. The zero-order valence-electron chi connectivity index (χ0n) is 9.60. The molecule has 2 aromatic rings. The van der Waals surface area contributed by atoms with Crippen molar-refractivity contribution in [1.29, 1.82) is 0 Å². The van der Waals surface area contributed by atoms with E-state index in [1.54, 1.807) is 0 Å². The molecule has 2 rings (SSSR count). The van der Waals surface area contributed by atoms with Crippen LogP contribution in [0.4, 0.5) is 5.69 Å². The molecule has 2 aromatic carbocycles. The topological polar surface area (TPSA) is 153 Å². The first-order valence-corrected chi connectivity index (χ1v) is 7.87. The van der Waals surface area contributed by atoms with Crippen LogP contribution in [0.5, 0.6) is 5.75 Å². The molecule has 0 spiro atoms. The van der Waals surface area contributed by atoms with Gasteiger partial charge in [0.1, 0.15) is 15.5 Å². The van der Waals surface area contributed by atoms with Gasteiger partial charge in [-0.1, -0.05) is 12.1 Å². The van der Waals surface area contributed by atoms with E-state index in [-0.39, 0.29) is 5.39 Å². The summed E-state index contributed by atoms with van der Waals surface area (Å²) in [5.74, 6) is -0.553. The average molecular weight is 318 g/mol. The Morgan fingerprint density at radius 3 is 2.00 bits per heavy atom. The minimum Gasteiger partial charge on any atom is -0.507 e. The monoisotopic (exact) mass is 318 g/mol. The maximum absolute atomic E-state index is 11.3. The molecule has 4 N–H and O–H groups in total. The molecule has 0 atom stereocenters. The van der Waals surface area contributed by atoms with E-state index in [1.165, 1.54) is 12.1 Å². The van der Waals surface area contributed by atoms with Crippen molar-refractivity contribution in [2.45, 2.75) is 9.79 Å². The summed E-state index contributed by atoms with van der Waals surface area (Å²) >= 11 is 0. The highest BCUT2D eigenvalue weighted by Crippen LogP contribution is 2.39. The van der Waals surface area contributed by atoms with Crippen LogP contribution in [0.15, 0.2) is 34.1 Å². The fraction of sp³-hybridized carbons (Fsp3) is 0. The zero-order valence-corrected chi connectivity index (χ0v) is 11.2. The van der Waals surface area contributed by atoms with Gasteiger partial charge in [-0.3, -0.25) is 14.8 Å². The molecule has 0 saturated carbocycles. The SMILES string of the molecule is [NH]c1c(S(=O)(=O)O)cc(S(=O)(=O)O)c2cccc(O)c12. The summed E-state index contributed by atoms with van der Waals surface area (Å²) in [6, 6.07) is 4.03. The molecule has 0 amide bonds. The number of hydrogen-bond acceptors (Lipinski definition) is 5. The Kier molecular flexibility index (Phi) is 3.13. The highest BCUT2D eigenvalue weighted by atomic mass is 32.2. The lowest BCUT2D eigenvalue weighted by atomic mass is 10.1. The molecule has 8 nitrogen and oxygen atoms in total. The van der Waals surface area contributed by atoms with Crippen molar-refractivity contribution in [3.63, 3.8) is 0 Å². The van der Waals surface area contributed by atoms with Crippen molar-refractivity contribution in [3.05, 3.63) is 24.3 Å². The van der Waals surface area contributed by atoms with Gasteiger partial charge in [0.15, 0.2) is 0 Å². The first-order chi connectivity index (χ1) is 9.03. The van der Waals surface area contributed by atoms with Gasteiger partial charge in [-0.2, -0.15) is 16.8 Å². The number of aromatic hydroxyl groups is 1. The average Bonchev–Trinajstić information content (AvgIpc) is 2.25. The van der Waals surface area contributed by atoms with Gasteiger partial charge in [0, 0.05) is 5.39 Å². The maximum Gasteiger partial charge on any atom is 0.296 e. The van der Waals surface area contributed by atoms with Crippen LogP contribution in [-0.2, 0) is 20.2 Å². The Morgan fingerprint density at radius 2 is 1.50 bits per heavy atom. The van der Waals surface area contributed by atoms with Crippen LogP contribution in [0.2, 0.25) is 0 Å². The summed E-state index contributed by atoms with van der Waals surface area (Å²) in [7, 11) is -9.71. The molecule has 0 aliphatic heterocycles. The number of nitrogens with one attached hydrogen (secondary N) is 1. The fourth-order valence-electron chi connectivity index (χ4n) is 1.82. The van der Waals surface area contributed by atoms with Gasteiger partial charge < -0.3 is 5.11 Å². The van der Waals surface area contributed by atoms with E-state index in [0.717, 1.165) is 6.07 Å². The largest absolute Gasteiger partial charge is 0.507 e. The molecule has 0 aliphatic carbocycles. The van der Waals surface area contributed by atoms with Crippen molar-refractivity contribution < 1.29 is 31.0 Å². The normalized spacial score (nSPS) is 12.7. The Hall–Kier alpha value is -1.88. The summed E-state index contributed by atoms with van der Waals surface area (Å²) < 4.78 is 63.0. The highest BCUT2D eigenvalue weighted by Gasteiger charge is 2.25. The Morgan fingerprint density at radius 1 is 0.950 bits per heavy atom. The molecule has 0 aliphatic rings. The summed E-state index contributed by atoms with van der Waals surface area (Å²) in [5.41, 5.74) is 6.89. The highest BCUT2D eigenvalue weighted by molar-refractivity contribution is 7.87. The van der Waals surface area contributed by atoms with Crippen LogP contribution in [0.25, 0.3) is 10.8 Å². The van der Waals surface area contributed by atoms with Crippen molar-refractivity contribution in [2.75, 3.05) is 0 Å². The van der Waals surface area contributed by atoms with Crippen molar-refractivity contribution in [3.8, 4) is 5.75 Å². The number of phenols is 1. The summed E-state index contributed by atoms with van der Waals surface area (Å²) in [6.07, 6.45) is 0. The predicted molar refractivity (Wildman–Crippen MR) is 68.0 cm³/mol. The van der Waals surface area contributed by atoms with Crippen LogP contribution in [0, 0.1) is 0 Å². The van der Waals surface area contributed by atoms with Crippen molar-refractivity contribution in [2.24, 2.45) is 0 Å². The standard InChI is InChI=1S/C10H8NO7S2/c11-10-8(20(16,17)18)4-7(19(13,14)15)5-2-1-3-6(12)9(5)10/h1-4,11-12H,(H,13,14,15)(H,16,17,18). The number of hydrogen-bond donors (Lipinski definition) is 3. The Balaban J connectivity index is 3.17. The summed E-state index contributed by atoms with van der Waals surface area (Å²) in [6.45, 7) is 0. The number of phenolic OH excluding ortho intramolecular Hbond substituents is 1. The molecular weight excluding hydrogens is 310 g/mol. The minimum absolute atomic E-state index is 0.232. The first-order valence-electron chi connectivity index (χ1n) is 4.99. The third-order valence-electron chi connectivity index (χ3n) is 2.62. The van der Waals surface area contributed by atoms with Crippen LogP contribution in [0.3, 0.4) is 0 Å². The molecule has 0 bridgehead atoms. The Bertz CT molecular complexity index is 916. The molecule has 10 heteroatoms. The lowest BCUT2D eigenvalue weighted by molar-refractivity contribution is 0.480. The van der Waals surface area contributed by atoms with Gasteiger partial charge >= 0.3 is 0 Å². The second-order valence-corrected chi connectivity index (χ2v) is 6.68. The third-order valence-corrected chi connectivity index (χ3v) is 4.39. The van der Waals surface area contributed by atoms with Crippen molar-refractivity contribution in [1.82, 2.24) is 5.73 Å². The van der Waals surface area contributed by atoms with Gasteiger partial charge in [0.2, 0.25) is 0 Å². The molecule has 0 fully saturated rings. The molecule has 0 aromatic heterocycles. The molecule has 0 heterocycles. The lowest BCUT2D eigenvalue weighted by Crippen LogP contribution is -2.05. The van der Waals surface area contributed by atoms with Gasteiger partial charge in [-0.25, -0.2) is 0 Å². The first kappa shape index (κ1) is 14.5. The third kappa shape index (κ3) is 2.29. The molecule has 107 valence electrons. The zero-order chi connectivity index (χ0) is 15.3. The van der Waals surface area contributed by atoms with E-state index >= 15 is 0 Å². The molecule has 0 saturated heterocycles. The maximum atomic E-state index is 11.3. The Labute approximate surface area is 114 Å². The minimum atomic E-state index is -4.90. The smallest absolute Gasteiger partial charge is 0.296 e. The van der Waals surface area contributed by atoms with Gasteiger partial charge in [0.25, 0.3) is 20.2 Å². The lowest BCUT2D eigenvalue weighted by Gasteiger charge is -2.11. The summed E-state index contributed by atoms with van der Waals surface area (Å²) in [4.78, 5) is -1.86. The van der Waals surface area contributed by atoms with E-state index in [1.807, 2.05) is 0 Å². The quantitative estimate of drug-likeness (QED) is 0.697. The predicted octanol–water partition coefficient (Wildman–Crippen LogP) is 0.953. The van der Waals surface area contributed by atoms with Crippen LogP contribution in [-0.4, -0.2) is 31.0 Å². The number of benzene rings is 2. The van der Waals surface area contributed by atoms with Crippen molar-refractivity contribution >= 4 is 36.7 Å². The summed E-state index contributed by atoms with van der Waals surface area (Å²) in [5, 5.41) is 9.02.